The van der Waals surface area contributed by atoms with Gasteiger partial charge in [-0.3, -0.25) is 9.88 Å². The summed E-state index contributed by atoms with van der Waals surface area (Å²) in [7, 11) is 0. The van der Waals surface area contributed by atoms with Crippen LogP contribution in [0.4, 0.5) is 5.82 Å². The van der Waals surface area contributed by atoms with Crippen molar-refractivity contribution in [3.8, 4) is 0 Å². The van der Waals surface area contributed by atoms with Crippen LogP contribution in [-0.2, 0) is 0 Å². The summed E-state index contributed by atoms with van der Waals surface area (Å²) >= 11 is 5.82. The average molecular weight is 239 g/mol. The number of anilines is 1. The van der Waals surface area contributed by atoms with Gasteiger partial charge >= 0.3 is 0 Å². The van der Waals surface area contributed by atoms with Gasteiger partial charge in [0, 0.05) is 32.7 Å². The van der Waals surface area contributed by atoms with Gasteiger partial charge in [-0.05, 0) is 0 Å². The van der Waals surface area contributed by atoms with Gasteiger partial charge in [0.15, 0.2) is 0 Å². The van der Waals surface area contributed by atoms with Gasteiger partial charge in [-0.25, -0.2) is 4.98 Å². The van der Waals surface area contributed by atoms with Gasteiger partial charge < -0.3 is 4.90 Å². The van der Waals surface area contributed by atoms with Gasteiger partial charge in [-0.15, -0.1) is 6.58 Å². The van der Waals surface area contributed by atoms with E-state index in [9.17, 15) is 0 Å². The number of hydrogen-bond donors (Lipinski definition) is 0. The van der Waals surface area contributed by atoms with Crippen LogP contribution in [0, 0.1) is 0 Å². The Morgan fingerprint density at radius 3 is 2.69 bits per heavy atom. The molecular formula is C11H15ClN4. The van der Waals surface area contributed by atoms with E-state index in [1.807, 2.05) is 6.08 Å². The third kappa shape index (κ3) is 2.71. The lowest BCUT2D eigenvalue weighted by Gasteiger charge is -2.34. The lowest BCUT2D eigenvalue weighted by molar-refractivity contribution is 0.283. The number of hydrogen-bond acceptors (Lipinski definition) is 4. The van der Waals surface area contributed by atoms with E-state index in [1.54, 1.807) is 12.4 Å². The highest BCUT2D eigenvalue weighted by molar-refractivity contribution is 6.29. The zero-order valence-corrected chi connectivity index (χ0v) is 9.90. The second kappa shape index (κ2) is 5.27. The molecule has 2 heterocycles. The van der Waals surface area contributed by atoms with Gasteiger partial charge in [0.1, 0.15) is 11.0 Å². The van der Waals surface area contributed by atoms with Crippen LogP contribution in [0.5, 0.6) is 0 Å². The molecule has 1 aromatic heterocycles. The largest absolute Gasteiger partial charge is 0.353 e. The summed E-state index contributed by atoms with van der Waals surface area (Å²) in [6.45, 7) is 8.68. The molecule has 0 bridgehead atoms. The number of nitrogens with zero attached hydrogens (tertiary/aromatic N) is 4. The Morgan fingerprint density at radius 2 is 2.06 bits per heavy atom. The van der Waals surface area contributed by atoms with Crippen molar-refractivity contribution >= 4 is 17.4 Å². The van der Waals surface area contributed by atoms with Gasteiger partial charge in [-0.1, -0.05) is 17.7 Å². The molecule has 0 aromatic carbocycles. The minimum atomic E-state index is 0.450. The molecule has 0 atom stereocenters. The van der Waals surface area contributed by atoms with E-state index < -0.39 is 0 Å². The maximum Gasteiger partial charge on any atom is 0.149 e. The van der Waals surface area contributed by atoms with Gasteiger partial charge in [0.05, 0.1) is 12.4 Å². The number of aromatic nitrogens is 2. The Labute approximate surface area is 101 Å². The van der Waals surface area contributed by atoms with E-state index in [0.717, 1.165) is 38.5 Å². The van der Waals surface area contributed by atoms with Crippen molar-refractivity contribution in [2.45, 2.75) is 0 Å². The molecule has 0 unspecified atom stereocenters. The molecule has 0 radical (unpaired) electrons. The van der Waals surface area contributed by atoms with Crippen molar-refractivity contribution in [2.24, 2.45) is 0 Å². The van der Waals surface area contributed by atoms with E-state index in [1.165, 1.54) is 0 Å². The van der Waals surface area contributed by atoms with E-state index in [-0.39, 0.29) is 0 Å². The quantitative estimate of drug-likeness (QED) is 0.746. The molecule has 1 fully saturated rings. The molecule has 4 nitrogen and oxygen atoms in total. The van der Waals surface area contributed by atoms with Crippen molar-refractivity contribution in [3.63, 3.8) is 0 Å². The molecule has 5 heteroatoms. The first-order valence-corrected chi connectivity index (χ1v) is 5.73. The predicted molar refractivity (Wildman–Crippen MR) is 65.9 cm³/mol. The minimum Gasteiger partial charge on any atom is -0.353 e. The van der Waals surface area contributed by atoms with Gasteiger partial charge in [0.2, 0.25) is 0 Å². The zero-order chi connectivity index (χ0) is 11.4. The first kappa shape index (κ1) is 11.4. The SMILES string of the molecule is C=CCN1CCN(c2cncc(Cl)n2)CC1. The number of rotatable bonds is 3. The van der Waals surface area contributed by atoms with E-state index in [0.29, 0.717) is 5.15 Å². The molecule has 1 aliphatic rings. The summed E-state index contributed by atoms with van der Waals surface area (Å²) < 4.78 is 0. The molecular weight excluding hydrogens is 224 g/mol. The molecule has 0 aliphatic carbocycles. The third-order valence-corrected chi connectivity index (χ3v) is 2.86. The second-order valence-corrected chi connectivity index (χ2v) is 4.16. The topological polar surface area (TPSA) is 32.3 Å². The molecule has 1 aliphatic heterocycles. The third-order valence-electron chi connectivity index (χ3n) is 2.68. The Balaban J connectivity index is 1.96. The standard InChI is InChI=1S/C11H15ClN4/c1-2-3-15-4-6-16(7-5-15)11-9-13-8-10(12)14-11/h2,8-9H,1,3-7H2. The number of piperazine rings is 1. The van der Waals surface area contributed by atoms with Gasteiger partial charge in [-0.2, -0.15) is 0 Å². The Kier molecular flexibility index (Phi) is 3.74. The van der Waals surface area contributed by atoms with Crippen LogP contribution in [0.3, 0.4) is 0 Å². The van der Waals surface area contributed by atoms with Crippen LogP contribution in [0.25, 0.3) is 0 Å². The lowest BCUT2D eigenvalue weighted by atomic mass is 10.3. The maximum atomic E-state index is 5.82. The zero-order valence-electron chi connectivity index (χ0n) is 9.14. The first-order chi connectivity index (χ1) is 7.79. The molecule has 0 saturated carbocycles. The first-order valence-electron chi connectivity index (χ1n) is 5.35. The molecule has 1 aromatic rings. The summed E-state index contributed by atoms with van der Waals surface area (Å²) in [5.74, 6) is 0.866. The van der Waals surface area contributed by atoms with Crippen LogP contribution in [0.2, 0.25) is 5.15 Å². The minimum absolute atomic E-state index is 0.450. The van der Waals surface area contributed by atoms with Gasteiger partial charge in [0.25, 0.3) is 0 Å². The highest BCUT2D eigenvalue weighted by Gasteiger charge is 2.17. The molecule has 0 N–H and O–H groups in total. The molecule has 1 saturated heterocycles. The fourth-order valence-corrected chi connectivity index (χ4v) is 1.97. The van der Waals surface area contributed by atoms with Crippen LogP contribution < -0.4 is 4.90 Å². The smallest absolute Gasteiger partial charge is 0.149 e. The fourth-order valence-electron chi connectivity index (χ4n) is 1.83. The van der Waals surface area contributed by atoms with E-state index >= 15 is 0 Å². The summed E-state index contributed by atoms with van der Waals surface area (Å²) in [6, 6.07) is 0. The summed E-state index contributed by atoms with van der Waals surface area (Å²) in [6.07, 6.45) is 5.25. The summed E-state index contributed by atoms with van der Waals surface area (Å²) in [5, 5.41) is 0.450. The fraction of sp³-hybridized carbons (Fsp3) is 0.455. The Hall–Kier alpha value is -1.13. The Bertz CT molecular complexity index is 361. The second-order valence-electron chi connectivity index (χ2n) is 3.78. The normalized spacial score (nSPS) is 17.4. The summed E-state index contributed by atoms with van der Waals surface area (Å²) in [4.78, 5) is 12.9. The maximum absolute atomic E-state index is 5.82. The number of halogens is 1. The van der Waals surface area contributed by atoms with Crippen molar-refractivity contribution < 1.29 is 0 Å². The van der Waals surface area contributed by atoms with Crippen LogP contribution in [0.15, 0.2) is 25.0 Å². The van der Waals surface area contributed by atoms with Crippen molar-refractivity contribution in [1.29, 1.82) is 0 Å². The molecule has 16 heavy (non-hydrogen) atoms. The van der Waals surface area contributed by atoms with E-state index in [4.69, 9.17) is 11.6 Å². The van der Waals surface area contributed by atoms with E-state index in [2.05, 4.69) is 26.3 Å². The van der Waals surface area contributed by atoms with Crippen LogP contribution >= 0.6 is 11.6 Å². The lowest BCUT2D eigenvalue weighted by Crippen LogP contribution is -2.46. The van der Waals surface area contributed by atoms with Crippen molar-refractivity contribution in [3.05, 3.63) is 30.2 Å². The molecule has 86 valence electrons. The van der Waals surface area contributed by atoms with Crippen molar-refractivity contribution in [1.82, 2.24) is 14.9 Å². The molecule has 2 rings (SSSR count). The summed E-state index contributed by atoms with van der Waals surface area (Å²) in [5.41, 5.74) is 0. The monoisotopic (exact) mass is 238 g/mol. The average Bonchev–Trinajstić information content (AvgIpc) is 2.30. The molecule has 0 amide bonds. The van der Waals surface area contributed by atoms with Crippen LogP contribution in [-0.4, -0.2) is 47.6 Å². The highest BCUT2D eigenvalue weighted by atomic mass is 35.5. The van der Waals surface area contributed by atoms with Crippen molar-refractivity contribution in [2.75, 3.05) is 37.6 Å². The Morgan fingerprint density at radius 1 is 1.31 bits per heavy atom. The predicted octanol–water partition coefficient (Wildman–Crippen LogP) is 1.44. The van der Waals surface area contributed by atoms with Crippen LogP contribution in [0.1, 0.15) is 0 Å². The molecule has 0 spiro atoms. The highest BCUT2D eigenvalue weighted by Crippen LogP contribution is 2.14.